The van der Waals surface area contributed by atoms with Crippen molar-refractivity contribution >= 4 is 11.9 Å². The van der Waals surface area contributed by atoms with Gasteiger partial charge in [-0.3, -0.25) is 4.79 Å². The summed E-state index contributed by atoms with van der Waals surface area (Å²) >= 11 is 0. The fourth-order valence-electron chi connectivity index (χ4n) is 1.52. The van der Waals surface area contributed by atoms with Crippen molar-refractivity contribution in [1.29, 1.82) is 0 Å². The number of carboxylic acid groups (broad SMARTS) is 1. The topological polar surface area (TPSA) is 66.8 Å². The molecule has 0 aromatic heterocycles. The first-order valence-electron chi connectivity index (χ1n) is 5.86. The fourth-order valence-corrected chi connectivity index (χ4v) is 1.52. The number of benzene rings is 1. The van der Waals surface area contributed by atoms with E-state index in [1.54, 1.807) is 7.11 Å². The molecule has 0 unspecified atom stereocenters. The Morgan fingerprint density at radius 2 is 1.95 bits per heavy atom. The van der Waals surface area contributed by atoms with Gasteiger partial charge in [0.15, 0.2) is 0 Å². The van der Waals surface area contributed by atoms with Crippen molar-refractivity contribution < 1.29 is 19.4 Å². The second-order valence-corrected chi connectivity index (χ2v) is 3.91. The van der Waals surface area contributed by atoms with Crippen molar-refractivity contribution in [3.8, 4) is 0 Å². The van der Waals surface area contributed by atoms with Crippen molar-refractivity contribution in [3.63, 3.8) is 0 Å². The molecule has 0 saturated carbocycles. The lowest BCUT2D eigenvalue weighted by atomic mass is 10.2. The molecule has 1 aromatic carbocycles. The largest absolute Gasteiger partial charge is 0.478 e. The van der Waals surface area contributed by atoms with E-state index in [1.807, 2.05) is 30.3 Å². The molecule has 1 rings (SSSR count). The number of hydrogen-bond donors (Lipinski definition) is 1. The summed E-state index contributed by atoms with van der Waals surface area (Å²) in [5.41, 5.74) is 0.982. The SMILES string of the molecule is COCCN(Cc1ccccc1)C(=O)/C=C/C(=O)O. The second kappa shape index (κ2) is 8.05. The molecular formula is C14H17NO4. The second-order valence-electron chi connectivity index (χ2n) is 3.91. The third kappa shape index (κ3) is 5.83. The molecule has 0 aliphatic heterocycles. The van der Waals surface area contributed by atoms with Gasteiger partial charge in [-0.1, -0.05) is 30.3 Å². The number of ether oxygens (including phenoxy) is 1. The van der Waals surface area contributed by atoms with Gasteiger partial charge in [0.1, 0.15) is 0 Å². The van der Waals surface area contributed by atoms with Crippen LogP contribution in [0, 0.1) is 0 Å². The molecule has 0 bridgehead atoms. The Morgan fingerprint density at radius 1 is 1.26 bits per heavy atom. The van der Waals surface area contributed by atoms with E-state index in [0.29, 0.717) is 19.7 Å². The lowest BCUT2D eigenvalue weighted by Crippen LogP contribution is -2.32. The molecular weight excluding hydrogens is 246 g/mol. The van der Waals surface area contributed by atoms with E-state index in [9.17, 15) is 9.59 Å². The molecule has 0 spiro atoms. The summed E-state index contributed by atoms with van der Waals surface area (Å²) in [5.74, 6) is -1.48. The number of carbonyl (C=O) groups excluding carboxylic acids is 1. The summed E-state index contributed by atoms with van der Waals surface area (Å²) in [7, 11) is 1.55. The van der Waals surface area contributed by atoms with Crippen molar-refractivity contribution in [2.24, 2.45) is 0 Å². The van der Waals surface area contributed by atoms with Crippen LogP contribution in [0.2, 0.25) is 0 Å². The van der Waals surface area contributed by atoms with E-state index in [0.717, 1.165) is 17.7 Å². The predicted molar refractivity (Wildman–Crippen MR) is 70.5 cm³/mol. The molecule has 1 amide bonds. The van der Waals surface area contributed by atoms with Gasteiger partial charge in [0.05, 0.1) is 6.61 Å². The number of rotatable bonds is 7. The van der Waals surface area contributed by atoms with Gasteiger partial charge in [-0.25, -0.2) is 4.79 Å². The minimum Gasteiger partial charge on any atom is -0.478 e. The van der Waals surface area contributed by atoms with Gasteiger partial charge >= 0.3 is 5.97 Å². The Morgan fingerprint density at radius 3 is 2.53 bits per heavy atom. The summed E-state index contributed by atoms with van der Waals surface area (Å²) in [4.78, 5) is 23.8. The first-order valence-corrected chi connectivity index (χ1v) is 5.86. The van der Waals surface area contributed by atoms with Crippen LogP contribution in [0.5, 0.6) is 0 Å². The van der Waals surface area contributed by atoms with Crippen LogP contribution in [-0.4, -0.2) is 42.1 Å². The van der Waals surface area contributed by atoms with Crippen molar-refractivity contribution in [1.82, 2.24) is 4.90 Å². The third-order valence-electron chi connectivity index (χ3n) is 2.46. The minimum atomic E-state index is -1.14. The molecule has 102 valence electrons. The van der Waals surface area contributed by atoms with Crippen LogP contribution in [-0.2, 0) is 20.9 Å². The molecule has 0 saturated heterocycles. The van der Waals surface area contributed by atoms with E-state index < -0.39 is 5.97 Å². The average Bonchev–Trinajstić information content (AvgIpc) is 2.41. The molecule has 19 heavy (non-hydrogen) atoms. The lowest BCUT2D eigenvalue weighted by molar-refractivity contribution is -0.132. The lowest BCUT2D eigenvalue weighted by Gasteiger charge is -2.20. The Labute approximate surface area is 112 Å². The van der Waals surface area contributed by atoms with Crippen LogP contribution in [0.25, 0.3) is 0 Å². The van der Waals surface area contributed by atoms with Gasteiger partial charge in [-0.2, -0.15) is 0 Å². The summed E-state index contributed by atoms with van der Waals surface area (Å²) in [6.07, 6.45) is 1.90. The monoisotopic (exact) mass is 263 g/mol. The maximum atomic E-state index is 11.9. The number of hydrogen-bond acceptors (Lipinski definition) is 3. The van der Waals surface area contributed by atoms with Crippen LogP contribution >= 0.6 is 0 Å². The molecule has 1 N–H and O–H groups in total. The molecule has 5 nitrogen and oxygen atoms in total. The van der Waals surface area contributed by atoms with Crippen LogP contribution in [0.15, 0.2) is 42.5 Å². The van der Waals surface area contributed by atoms with Gasteiger partial charge in [-0.15, -0.1) is 0 Å². The van der Waals surface area contributed by atoms with Crippen molar-refractivity contribution in [2.45, 2.75) is 6.54 Å². The Bertz CT molecular complexity index is 442. The normalized spacial score (nSPS) is 10.6. The van der Waals surface area contributed by atoms with E-state index >= 15 is 0 Å². The highest BCUT2D eigenvalue weighted by molar-refractivity contribution is 5.93. The molecule has 0 aliphatic carbocycles. The van der Waals surface area contributed by atoms with Gasteiger partial charge in [0.25, 0.3) is 0 Å². The van der Waals surface area contributed by atoms with Gasteiger partial charge in [0, 0.05) is 32.4 Å². The van der Waals surface area contributed by atoms with Gasteiger partial charge in [-0.05, 0) is 5.56 Å². The third-order valence-corrected chi connectivity index (χ3v) is 2.46. The van der Waals surface area contributed by atoms with Gasteiger partial charge in [0.2, 0.25) is 5.91 Å². The molecule has 0 heterocycles. The van der Waals surface area contributed by atoms with E-state index in [1.165, 1.54) is 4.90 Å². The number of nitrogens with zero attached hydrogens (tertiary/aromatic N) is 1. The summed E-state index contributed by atoms with van der Waals surface area (Å²) in [6, 6.07) is 9.50. The highest BCUT2D eigenvalue weighted by Gasteiger charge is 2.11. The Balaban J connectivity index is 2.71. The zero-order valence-corrected chi connectivity index (χ0v) is 10.8. The first-order chi connectivity index (χ1) is 9.13. The summed E-state index contributed by atoms with van der Waals surface area (Å²) < 4.78 is 4.95. The highest BCUT2D eigenvalue weighted by Crippen LogP contribution is 2.05. The van der Waals surface area contributed by atoms with E-state index in [-0.39, 0.29) is 5.91 Å². The quantitative estimate of drug-likeness (QED) is 0.753. The molecule has 0 fully saturated rings. The molecule has 0 atom stereocenters. The smallest absolute Gasteiger partial charge is 0.328 e. The number of carbonyl (C=O) groups is 2. The molecule has 0 aliphatic rings. The number of methoxy groups -OCH3 is 1. The fraction of sp³-hybridized carbons (Fsp3) is 0.286. The maximum absolute atomic E-state index is 11.9. The molecule has 1 aromatic rings. The van der Waals surface area contributed by atoms with Crippen LogP contribution in [0.4, 0.5) is 0 Å². The van der Waals surface area contributed by atoms with E-state index in [2.05, 4.69) is 0 Å². The Hall–Kier alpha value is -2.14. The van der Waals surface area contributed by atoms with Crippen molar-refractivity contribution in [2.75, 3.05) is 20.3 Å². The summed E-state index contributed by atoms with van der Waals surface area (Å²) in [6.45, 7) is 1.24. The van der Waals surface area contributed by atoms with E-state index in [4.69, 9.17) is 9.84 Å². The maximum Gasteiger partial charge on any atom is 0.328 e. The van der Waals surface area contributed by atoms with Crippen LogP contribution < -0.4 is 0 Å². The number of aliphatic carboxylic acids is 1. The standard InChI is InChI=1S/C14H17NO4/c1-19-10-9-15(13(16)7-8-14(17)18)11-12-5-3-2-4-6-12/h2-8H,9-11H2,1H3,(H,17,18)/b8-7+. The molecule has 5 heteroatoms. The first kappa shape index (κ1) is 14.9. The molecule has 0 radical (unpaired) electrons. The average molecular weight is 263 g/mol. The minimum absolute atomic E-state index is 0.344. The highest BCUT2D eigenvalue weighted by atomic mass is 16.5. The predicted octanol–water partition coefficient (Wildman–Crippen LogP) is 1.30. The van der Waals surface area contributed by atoms with Gasteiger partial charge < -0.3 is 14.7 Å². The van der Waals surface area contributed by atoms with Crippen LogP contribution in [0.1, 0.15) is 5.56 Å². The number of amides is 1. The van der Waals surface area contributed by atoms with Crippen LogP contribution in [0.3, 0.4) is 0 Å². The zero-order chi connectivity index (χ0) is 14.1. The van der Waals surface area contributed by atoms with Crippen molar-refractivity contribution in [3.05, 3.63) is 48.0 Å². The Kier molecular flexibility index (Phi) is 6.32. The zero-order valence-electron chi connectivity index (χ0n) is 10.8. The summed E-state index contributed by atoms with van der Waals surface area (Å²) in [5, 5.41) is 8.53. The number of carboxylic acids is 1.